The number of hydrogen-bond acceptors (Lipinski definition) is 4. The van der Waals surface area contributed by atoms with E-state index < -0.39 is 20.8 Å². The summed E-state index contributed by atoms with van der Waals surface area (Å²) in [6, 6.07) is 4.56. The molecule has 5 nitrogen and oxygen atoms in total. The van der Waals surface area contributed by atoms with Crippen molar-refractivity contribution in [2.45, 2.75) is 24.0 Å². The lowest BCUT2D eigenvalue weighted by Crippen LogP contribution is -2.32. The first-order chi connectivity index (χ1) is 9.15. The monoisotopic (exact) mass is 334 g/mol. The summed E-state index contributed by atoms with van der Waals surface area (Å²) in [6.07, 6.45) is 1.54. The van der Waals surface area contributed by atoms with Crippen LogP contribution in [0.2, 0.25) is 0 Å². The van der Waals surface area contributed by atoms with Crippen LogP contribution in [-0.2, 0) is 20.8 Å². The SMILES string of the molecule is Cc1cc(S(=O)(=O)NCC(C)S(C)=O)ccc1C(N)=S. The molecule has 1 aromatic carbocycles. The second-order valence-electron chi connectivity index (χ2n) is 4.50. The quantitative estimate of drug-likeness (QED) is 0.747. The van der Waals surface area contributed by atoms with Crippen molar-refractivity contribution in [1.29, 1.82) is 0 Å². The molecule has 0 spiro atoms. The van der Waals surface area contributed by atoms with Gasteiger partial charge in [-0.2, -0.15) is 0 Å². The van der Waals surface area contributed by atoms with E-state index in [-0.39, 0.29) is 21.7 Å². The van der Waals surface area contributed by atoms with Crippen molar-refractivity contribution in [1.82, 2.24) is 4.72 Å². The van der Waals surface area contributed by atoms with Gasteiger partial charge in [-0.15, -0.1) is 0 Å². The van der Waals surface area contributed by atoms with E-state index in [1.54, 1.807) is 26.2 Å². The van der Waals surface area contributed by atoms with Gasteiger partial charge in [-0.05, 0) is 31.5 Å². The molecule has 0 aliphatic rings. The Kier molecular flexibility index (Phi) is 5.81. The van der Waals surface area contributed by atoms with Crippen LogP contribution in [0, 0.1) is 6.92 Å². The third-order valence-corrected chi connectivity index (χ3v) is 5.84. The molecule has 0 bridgehead atoms. The molecule has 0 amide bonds. The molecule has 8 heteroatoms. The minimum Gasteiger partial charge on any atom is -0.389 e. The number of rotatable bonds is 6. The first-order valence-corrected chi connectivity index (χ1v) is 9.38. The van der Waals surface area contributed by atoms with E-state index in [2.05, 4.69) is 4.72 Å². The molecule has 112 valence electrons. The van der Waals surface area contributed by atoms with Gasteiger partial charge in [0.2, 0.25) is 10.0 Å². The third-order valence-electron chi connectivity index (χ3n) is 2.90. The van der Waals surface area contributed by atoms with E-state index in [1.165, 1.54) is 12.1 Å². The lowest BCUT2D eigenvalue weighted by Gasteiger charge is -2.12. The van der Waals surface area contributed by atoms with Crippen molar-refractivity contribution in [2.75, 3.05) is 12.8 Å². The van der Waals surface area contributed by atoms with Crippen molar-refractivity contribution in [2.24, 2.45) is 5.73 Å². The molecule has 0 radical (unpaired) electrons. The summed E-state index contributed by atoms with van der Waals surface area (Å²) in [4.78, 5) is 0.374. The molecular weight excluding hydrogens is 316 g/mol. The third kappa shape index (κ3) is 4.34. The second-order valence-corrected chi connectivity index (χ2v) is 8.51. The van der Waals surface area contributed by atoms with Gasteiger partial charge < -0.3 is 5.73 Å². The lowest BCUT2D eigenvalue weighted by atomic mass is 10.1. The normalized spacial score (nSPS) is 14.8. The fourth-order valence-electron chi connectivity index (χ4n) is 1.51. The molecule has 0 heterocycles. The Morgan fingerprint density at radius 2 is 2.10 bits per heavy atom. The number of nitrogens with one attached hydrogen (secondary N) is 1. The number of benzene rings is 1. The second kappa shape index (κ2) is 6.75. The summed E-state index contributed by atoms with van der Waals surface area (Å²) in [5, 5.41) is -0.248. The summed E-state index contributed by atoms with van der Waals surface area (Å²) in [6.45, 7) is 3.60. The number of hydrogen-bond donors (Lipinski definition) is 2. The molecular formula is C12H18N2O3S3. The highest BCUT2D eigenvalue weighted by atomic mass is 32.2. The molecule has 0 saturated heterocycles. The van der Waals surface area contributed by atoms with Gasteiger partial charge in [0.1, 0.15) is 4.99 Å². The molecule has 0 saturated carbocycles. The molecule has 20 heavy (non-hydrogen) atoms. The minimum absolute atomic E-state index is 0.127. The Bertz CT molecular complexity index is 641. The van der Waals surface area contributed by atoms with Gasteiger partial charge in [-0.3, -0.25) is 4.21 Å². The first-order valence-electron chi connectivity index (χ1n) is 5.87. The fourth-order valence-corrected chi connectivity index (χ4v) is 3.38. The Balaban J connectivity index is 2.96. The number of nitrogens with two attached hydrogens (primary N) is 1. The lowest BCUT2D eigenvalue weighted by molar-refractivity contribution is 0.580. The average molecular weight is 334 g/mol. The summed E-state index contributed by atoms with van der Waals surface area (Å²) < 4.78 is 37.9. The maximum atomic E-state index is 12.1. The summed E-state index contributed by atoms with van der Waals surface area (Å²) >= 11 is 4.88. The zero-order chi connectivity index (χ0) is 15.5. The molecule has 2 unspecified atom stereocenters. The Morgan fingerprint density at radius 1 is 1.50 bits per heavy atom. The van der Waals surface area contributed by atoms with Gasteiger partial charge >= 0.3 is 0 Å². The Labute approximate surface area is 127 Å². The van der Waals surface area contributed by atoms with Crippen molar-refractivity contribution < 1.29 is 12.6 Å². The molecule has 1 rings (SSSR count). The minimum atomic E-state index is -3.62. The standard InChI is InChI=1S/C12H18N2O3S3/c1-8-6-10(4-5-11(8)12(13)18)20(16,17)14-7-9(2)19(3)15/h4-6,9,14H,7H2,1-3H3,(H2,13,18). The van der Waals surface area contributed by atoms with E-state index in [0.717, 1.165) is 0 Å². The van der Waals surface area contributed by atoms with Crippen LogP contribution in [0.15, 0.2) is 23.1 Å². The first kappa shape index (κ1) is 17.2. The van der Waals surface area contributed by atoms with Gasteiger partial charge in [0.25, 0.3) is 0 Å². The van der Waals surface area contributed by atoms with Gasteiger partial charge in [-0.25, -0.2) is 13.1 Å². The van der Waals surface area contributed by atoms with Crippen LogP contribution < -0.4 is 10.5 Å². The predicted octanol–water partition coefficient (Wildman–Crippen LogP) is 0.675. The Hall–Kier alpha value is -0.830. The molecule has 0 aliphatic carbocycles. The smallest absolute Gasteiger partial charge is 0.240 e. The van der Waals surface area contributed by atoms with E-state index in [9.17, 15) is 12.6 Å². The zero-order valence-electron chi connectivity index (χ0n) is 11.5. The van der Waals surface area contributed by atoms with E-state index in [1.807, 2.05) is 0 Å². The largest absolute Gasteiger partial charge is 0.389 e. The van der Waals surface area contributed by atoms with Crippen molar-refractivity contribution in [3.8, 4) is 0 Å². The fraction of sp³-hybridized carbons (Fsp3) is 0.417. The van der Waals surface area contributed by atoms with Gasteiger partial charge in [0, 0.05) is 34.4 Å². The number of sulfonamides is 1. The highest BCUT2D eigenvalue weighted by molar-refractivity contribution is 7.89. The van der Waals surface area contributed by atoms with Gasteiger partial charge in [-0.1, -0.05) is 18.3 Å². The molecule has 3 N–H and O–H groups in total. The van der Waals surface area contributed by atoms with Crippen LogP contribution in [0.1, 0.15) is 18.1 Å². The van der Waals surface area contributed by atoms with Gasteiger partial charge in [0.15, 0.2) is 0 Å². The zero-order valence-corrected chi connectivity index (χ0v) is 14.0. The van der Waals surface area contributed by atoms with Crippen LogP contribution in [0.4, 0.5) is 0 Å². The number of aryl methyl sites for hydroxylation is 1. The van der Waals surface area contributed by atoms with Crippen LogP contribution in [0.25, 0.3) is 0 Å². The van der Waals surface area contributed by atoms with Crippen molar-refractivity contribution in [3.05, 3.63) is 29.3 Å². The summed E-state index contributed by atoms with van der Waals surface area (Å²) in [5.74, 6) is 0. The maximum absolute atomic E-state index is 12.1. The highest BCUT2D eigenvalue weighted by Gasteiger charge is 2.17. The highest BCUT2D eigenvalue weighted by Crippen LogP contribution is 2.15. The molecule has 2 atom stereocenters. The van der Waals surface area contributed by atoms with E-state index in [0.29, 0.717) is 11.1 Å². The Morgan fingerprint density at radius 3 is 2.55 bits per heavy atom. The molecule has 0 fully saturated rings. The summed E-state index contributed by atoms with van der Waals surface area (Å²) in [7, 11) is -4.70. The van der Waals surface area contributed by atoms with Gasteiger partial charge in [0.05, 0.1) is 4.90 Å². The number of thiocarbonyl (C=S) groups is 1. The summed E-state index contributed by atoms with van der Waals surface area (Å²) in [5.41, 5.74) is 6.89. The van der Waals surface area contributed by atoms with Crippen molar-refractivity contribution >= 4 is 38.0 Å². The average Bonchev–Trinajstić information content (AvgIpc) is 2.35. The van der Waals surface area contributed by atoms with Crippen LogP contribution >= 0.6 is 12.2 Å². The van der Waals surface area contributed by atoms with Crippen molar-refractivity contribution in [3.63, 3.8) is 0 Å². The molecule has 1 aromatic rings. The van der Waals surface area contributed by atoms with Crippen LogP contribution in [0.3, 0.4) is 0 Å². The molecule has 0 aromatic heterocycles. The predicted molar refractivity (Wildman–Crippen MR) is 85.8 cm³/mol. The van der Waals surface area contributed by atoms with Crippen LogP contribution in [0.5, 0.6) is 0 Å². The topological polar surface area (TPSA) is 89.3 Å². The molecule has 0 aliphatic heterocycles. The van der Waals surface area contributed by atoms with E-state index in [4.69, 9.17) is 18.0 Å². The van der Waals surface area contributed by atoms with Crippen LogP contribution in [-0.4, -0.2) is 35.7 Å². The van der Waals surface area contributed by atoms with E-state index >= 15 is 0 Å². The maximum Gasteiger partial charge on any atom is 0.240 e.